The zero-order chi connectivity index (χ0) is 11.9. The van der Waals surface area contributed by atoms with Crippen LogP contribution < -0.4 is 5.32 Å². The summed E-state index contributed by atoms with van der Waals surface area (Å²) >= 11 is 1.50. The van der Waals surface area contributed by atoms with Gasteiger partial charge >= 0.3 is 0 Å². The summed E-state index contributed by atoms with van der Waals surface area (Å²) in [6.45, 7) is 0. The molecule has 86 valence electrons. The number of anilines is 1. The molecular weight excluding hydrogens is 228 g/mol. The van der Waals surface area contributed by atoms with Gasteiger partial charge in [0.15, 0.2) is 5.17 Å². The minimum Gasteiger partial charge on any atom is -0.335 e. The number of nitrogens with one attached hydrogen (secondary N) is 2. The highest BCUT2D eigenvalue weighted by Crippen LogP contribution is 2.15. The van der Waals surface area contributed by atoms with Crippen LogP contribution in [0.4, 0.5) is 5.69 Å². The summed E-state index contributed by atoms with van der Waals surface area (Å²) in [6.07, 6.45) is 0. The first-order chi connectivity index (χ1) is 8.34. The van der Waals surface area contributed by atoms with Gasteiger partial charge in [0, 0.05) is 11.4 Å². The molecule has 0 heterocycles. The van der Waals surface area contributed by atoms with Crippen molar-refractivity contribution in [1.82, 2.24) is 0 Å². The SMILES string of the molecule is N=C(Nc1ccccc1)SCc1ccccc1. The van der Waals surface area contributed by atoms with Gasteiger partial charge in [0.2, 0.25) is 0 Å². The molecule has 17 heavy (non-hydrogen) atoms. The van der Waals surface area contributed by atoms with Crippen molar-refractivity contribution in [3.05, 3.63) is 66.2 Å². The van der Waals surface area contributed by atoms with Crippen LogP contribution in [0.2, 0.25) is 0 Å². The third kappa shape index (κ3) is 3.96. The highest BCUT2D eigenvalue weighted by Gasteiger charge is 1.99. The maximum absolute atomic E-state index is 7.83. The molecule has 0 fully saturated rings. The largest absolute Gasteiger partial charge is 0.335 e. The second kappa shape index (κ2) is 6.11. The Morgan fingerprint density at radius 2 is 1.53 bits per heavy atom. The number of hydrogen-bond donors (Lipinski definition) is 2. The fourth-order valence-corrected chi connectivity index (χ4v) is 2.11. The molecule has 0 amide bonds. The number of thioether (sulfide) groups is 1. The van der Waals surface area contributed by atoms with Gasteiger partial charge in [-0.1, -0.05) is 60.3 Å². The van der Waals surface area contributed by atoms with Crippen LogP contribution >= 0.6 is 11.8 Å². The lowest BCUT2D eigenvalue weighted by Crippen LogP contribution is -2.05. The van der Waals surface area contributed by atoms with Crippen LogP contribution in [0.5, 0.6) is 0 Å². The van der Waals surface area contributed by atoms with Crippen LogP contribution in [-0.2, 0) is 5.75 Å². The van der Waals surface area contributed by atoms with Gasteiger partial charge in [-0.2, -0.15) is 0 Å². The quantitative estimate of drug-likeness (QED) is 0.631. The predicted octanol–water partition coefficient (Wildman–Crippen LogP) is 3.97. The van der Waals surface area contributed by atoms with Crippen molar-refractivity contribution in [2.75, 3.05) is 5.32 Å². The highest BCUT2D eigenvalue weighted by molar-refractivity contribution is 8.13. The molecule has 0 aliphatic carbocycles. The predicted molar refractivity (Wildman–Crippen MR) is 75.5 cm³/mol. The number of rotatable bonds is 3. The summed E-state index contributed by atoms with van der Waals surface area (Å²) in [5.74, 6) is 0.819. The van der Waals surface area contributed by atoms with Crippen molar-refractivity contribution in [2.45, 2.75) is 5.75 Å². The molecule has 0 bridgehead atoms. The van der Waals surface area contributed by atoms with Crippen LogP contribution in [-0.4, -0.2) is 5.17 Å². The van der Waals surface area contributed by atoms with Gasteiger partial charge in [-0.3, -0.25) is 5.41 Å². The second-order valence-corrected chi connectivity index (χ2v) is 4.58. The molecule has 2 aromatic carbocycles. The van der Waals surface area contributed by atoms with E-state index in [1.807, 2.05) is 48.5 Å². The van der Waals surface area contributed by atoms with E-state index in [0.717, 1.165) is 11.4 Å². The van der Waals surface area contributed by atoms with Crippen LogP contribution in [0.3, 0.4) is 0 Å². The number of hydrogen-bond acceptors (Lipinski definition) is 2. The van der Waals surface area contributed by atoms with Crippen molar-refractivity contribution >= 4 is 22.6 Å². The second-order valence-electron chi connectivity index (χ2n) is 3.59. The Bertz CT molecular complexity index is 468. The summed E-state index contributed by atoms with van der Waals surface area (Å²) in [6, 6.07) is 20.0. The zero-order valence-electron chi connectivity index (χ0n) is 9.39. The lowest BCUT2D eigenvalue weighted by Gasteiger charge is -2.07. The number of benzene rings is 2. The third-order valence-electron chi connectivity index (χ3n) is 2.26. The summed E-state index contributed by atoms with van der Waals surface area (Å²) in [5, 5.41) is 11.4. The maximum Gasteiger partial charge on any atom is 0.158 e. The molecule has 0 atom stereocenters. The minimum absolute atomic E-state index is 0.472. The summed E-state index contributed by atoms with van der Waals surface area (Å²) < 4.78 is 0. The van der Waals surface area contributed by atoms with Crippen LogP contribution in [0, 0.1) is 5.41 Å². The molecular formula is C14H14N2S. The molecule has 0 radical (unpaired) electrons. The summed E-state index contributed by atoms with van der Waals surface area (Å²) in [4.78, 5) is 0. The molecule has 0 aliphatic heterocycles. The van der Waals surface area contributed by atoms with E-state index in [1.54, 1.807) is 0 Å². The van der Waals surface area contributed by atoms with Gasteiger partial charge in [-0.25, -0.2) is 0 Å². The van der Waals surface area contributed by atoms with E-state index in [1.165, 1.54) is 17.3 Å². The van der Waals surface area contributed by atoms with Crippen LogP contribution in [0.25, 0.3) is 0 Å². The van der Waals surface area contributed by atoms with Gasteiger partial charge in [-0.15, -0.1) is 0 Å². The van der Waals surface area contributed by atoms with Gasteiger partial charge < -0.3 is 5.32 Å². The molecule has 3 heteroatoms. The van der Waals surface area contributed by atoms with E-state index in [4.69, 9.17) is 5.41 Å². The average molecular weight is 242 g/mol. The first-order valence-corrected chi connectivity index (χ1v) is 6.40. The molecule has 0 saturated heterocycles. The first-order valence-electron chi connectivity index (χ1n) is 5.42. The Labute approximate surface area is 106 Å². The molecule has 0 aliphatic rings. The van der Waals surface area contributed by atoms with Crippen LogP contribution in [0.1, 0.15) is 5.56 Å². The normalized spacial score (nSPS) is 9.88. The highest BCUT2D eigenvalue weighted by atomic mass is 32.2. The van der Waals surface area contributed by atoms with Crippen molar-refractivity contribution < 1.29 is 0 Å². The van der Waals surface area contributed by atoms with E-state index in [2.05, 4.69) is 17.4 Å². The average Bonchev–Trinajstić information content (AvgIpc) is 2.39. The monoisotopic (exact) mass is 242 g/mol. The number of para-hydroxylation sites is 1. The Kier molecular flexibility index (Phi) is 4.22. The Balaban J connectivity index is 1.83. The van der Waals surface area contributed by atoms with E-state index in [-0.39, 0.29) is 0 Å². The van der Waals surface area contributed by atoms with E-state index in [0.29, 0.717) is 5.17 Å². The fraction of sp³-hybridized carbons (Fsp3) is 0.0714. The van der Waals surface area contributed by atoms with Crippen LogP contribution in [0.15, 0.2) is 60.7 Å². The van der Waals surface area contributed by atoms with Gasteiger partial charge in [0.25, 0.3) is 0 Å². The topological polar surface area (TPSA) is 35.9 Å². The molecule has 0 unspecified atom stereocenters. The van der Waals surface area contributed by atoms with E-state index >= 15 is 0 Å². The van der Waals surface area contributed by atoms with Crippen molar-refractivity contribution in [1.29, 1.82) is 5.41 Å². The zero-order valence-corrected chi connectivity index (χ0v) is 10.2. The van der Waals surface area contributed by atoms with Gasteiger partial charge in [0.05, 0.1) is 0 Å². The minimum atomic E-state index is 0.472. The lowest BCUT2D eigenvalue weighted by atomic mass is 10.2. The summed E-state index contributed by atoms with van der Waals surface area (Å²) in [5.41, 5.74) is 2.19. The smallest absolute Gasteiger partial charge is 0.158 e. The van der Waals surface area contributed by atoms with Crippen molar-refractivity contribution in [3.8, 4) is 0 Å². The van der Waals surface area contributed by atoms with Gasteiger partial charge in [-0.05, 0) is 17.7 Å². The van der Waals surface area contributed by atoms with E-state index < -0.39 is 0 Å². The molecule has 2 N–H and O–H groups in total. The molecule has 2 nitrogen and oxygen atoms in total. The van der Waals surface area contributed by atoms with Crippen molar-refractivity contribution in [3.63, 3.8) is 0 Å². The third-order valence-corrected chi connectivity index (χ3v) is 3.13. The van der Waals surface area contributed by atoms with Gasteiger partial charge in [0.1, 0.15) is 0 Å². The summed E-state index contributed by atoms with van der Waals surface area (Å²) in [7, 11) is 0. The Morgan fingerprint density at radius 1 is 0.941 bits per heavy atom. The molecule has 0 saturated carbocycles. The maximum atomic E-state index is 7.83. The molecule has 0 spiro atoms. The lowest BCUT2D eigenvalue weighted by molar-refractivity contribution is 1.42. The molecule has 2 rings (SSSR count). The number of amidine groups is 1. The molecule has 0 aromatic heterocycles. The van der Waals surface area contributed by atoms with E-state index in [9.17, 15) is 0 Å². The molecule has 2 aromatic rings. The standard InChI is InChI=1S/C14H14N2S/c15-14(16-13-9-5-2-6-10-13)17-11-12-7-3-1-4-8-12/h1-10H,11H2,(H2,15,16). The first kappa shape index (κ1) is 11.7. The Hall–Kier alpha value is -1.74. The van der Waals surface area contributed by atoms with Crippen molar-refractivity contribution in [2.24, 2.45) is 0 Å². The fourth-order valence-electron chi connectivity index (χ4n) is 1.42. The Morgan fingerprint density at radius 3 is 2.18 bits per heavy atom.